The number of aromatic nitrogens is 1. The molecule has 0 aliphatic carbocycles. The zero-order chi connectivity index (χ0) is 17.6. The van der Waals surface area contributed by atoms with Crippen molar-refractivity contribution in [1.82, 2.24) is 10.3 Å². The third kappa shape index (κ3) is 4.25. The zero-order valence-electron chi connectivity index (χ0n) is 14.3. The Labute approximate surface area is 151 Å². The van der Waals surface area contributed by atoms with Crippen molar-refractivity contribution < 1.29 is 9.53 Å². The van der Waals surface area contributed by atoms with Gasteiger partial charge in [-0.15, -0.1) is 11.3 Å². The van der Waals surface area contributed by atoms with Crippen LogP contribution in [-0.4, -0.2) is 17.5 Å². The lowest BCUT2D eigenvalue weighted by atomic mass is 10.1. The van der Waals surface area contributed by atoms with Gasteiger partial charge < -0.3 is 10.1 Å². The number of hydrogen-bond donors (Lipinski definition) is 1. The van der Waals surface area contributed by atoms with Crippen molar-refractivity contribution in [3.63, 3.8) is 0 Å². The number of carbonyl (C=O) groups is 1. The van der Waals surface area contributed by atoms with Crippen LogP contribution < -0.4 is 10.1 Å². The van der Waals surface area contributed by atoms with Crippen molar-refractivity contribution >= 4 is 17.2 Å². The molecule has 1 heterocycles. The Morgan fingerprint density at radius 2 is 2.12 bits per heavy atom. The fourth-order valence-electron chi connectivity index (χ4n) is 2.56. The minimum absolute atomic E-state index is 0.133. The molecule has 1 amide bonds. The molecule has 3 rings (SSSR count). The van der Waals surface area contributed by atoms with E-state index in [-0.39, 0.29) is 5.91 Å². The largest absolute Gasteiger partial charge is 0.493 e. The number of aryl methyl sites for hydroxylation is 1. The lowest BCUT2D eigenvalue weighted by molar-refractivity contribution is 0.0947. The molecule has 0 bridgehead atoms. The molecular weight excluding hydrogens is 332 g/mol. The molecule has 0 saturated heterocycles. The third-order valence-electron chi connectivity index (χ3n) is 3.74. The van der Waals surface area contributed by atoms with E-state index in [0.717, 1.165) is 21.7 Å². The number of carbonyl (C=O) groups excluding carboxylic acids is 1. The normalized spacial score (nSPS) is 10.5. The van der Waals surface area contributed by atoms with Gasteiger partial charge in [-0.1, -0.05) is 29.8 Å². The highest BCUT2D eigenvalue weighted by molar-refractivity contribution is 7.13. The number of ether oxygens (including phenoxy) is 1. The quantitative estimate of drug-likeness (QED) is 0.713. The lowest BCUT2D eigenvalue weighted by Gasteiger charge is -2.12. The molecule has 128 valence electrons. The number of thiazole rings is 1. The van der Waals surface area contributed by atoms with Gasteiger partial charge in [-0.25, -0.2) is 4.98 Å². The van der Waals surface area contributed by atoms with Gasteiger partial charge in [0.1, 0.15) is 10.8 Å². The van der Waals surface area contributed by atoms with Crippen molar-refractivity contribution in [2.45, 2.75) is 20.4 Å². The Hall–Kier alpha value is -2.66. The van der Waals surface area contributed by atoms with Gasteiger partial charge in [0.15, 0.2) is 0 Å². The highest BCUT2D eigenvalue weighted by atomic mass is 32.1. The molecule has 3 aromatic rings. The van der Waals surface area contributed by atoms with Crippen molar-refractivity contribution in [2.24, 2.45) is 0 Å². The summed E-state index contributed by atoms with van der Waals surface area (Å²) in [4.78, 5) is 16.9. The second-order valence-corrected chi connectivity index (χ2v) is 6.55. The Morgan fingerprint density at radius 1 is 1.24 bits per heavy atom. The second kappa shape index (κ2) is 7.94. The smallest absolute Gasteiger partial charge is 0.255 e. The van der Waals surface area contributed by atoms with Gasteiger partial charge in [0.05, 0.1) is 12.2 Å². The first kappa shape index (κ1) is 17.2. The van der Waals surface area contributed by atoms with Gasteiger partial charge in [0.25, 0.3) is 5.91 Å². The molecule has 25 heavy (non-hydrogen) atoms. The van der Waals surface area contributed by atoms with E-state index in [1.807, 2.05) is 55.6 Å². The maximum Gasteiger partial charge on any atom is 0.255 e. The molecular formula is C20H20N2O2S. The first-order valence-electron chi connectivity index (χ1n) is 8.18. The van der Waals surface area contributed by atoms with Gasteiger partial charge in [-0.3, -0.25) is 4.79 Å². The minimum Gasteiger partial charge on any atom is -0.493 e. The molecule has 0 radical (unpaired) electrons. The molecule has 0 spiro atoms. The van der Waals surface area contributed by atoms with Crippen molar-refractivity contribution in [3.8, 4) is 16.3 Å². The number of nitrogens with zero attached hydrogens (tertiary/aromatic N) is 1. The Kier molecular flexibility index (Phi) is 5.46. The van der Waals surface area contributed by atoms with Crippen LogP contribution in [0.1, 0.15) is 28.4 Å². The van der Waals surface area contributed by atoms with Crippen molar-refractivity contribution in [3.05, 3.63) is 70.7 Å². The molecule has 1 aromatic heterocycles. The summed E-state index contributed by atoms with van der Waals surface area (Å²) in [7, 11) is 0. The van der Waals surface area contributed by atoms with Crippen LogP contribution in [0.25, 0.3) is 10.6 Å². The van der Waals surface area contributed by atoms with Crippen LogP contribution in [0.15, 0.2) is 54.0 Å². The van der Waals surface area contributed by atoms with E-state index in [0.29, 0.717) is 24.5 Å². The maximum atomic E-state index is 12.6. The van der Waals surface area contributed by atoms with Crippen molar-refractivity contribution in [2.75, 3.05) is 6.61 Å². The summed E-state index contributed by atoms with van der Waals surface area (Å²) in [5, 5.41) is 5.91. The van der Waals surface area contributed by atoms with Crippen LogP contribution in [0.2, 0.25) is 0 Å². The summed E-state index contributed by atoms with van der Waals surface area (Å²) in [6, 6.07) is 13.7. The number of amides is 1. The minimum atomic E-state index is -0.133. The predicted octanol–water partition coefficient (Wildman–Crippen LogP) is 4.45. The number of nitrogens with one attached hydrogen (secondary N) is 1. The van der Waals surface area contributed by atoms with E-state index >= 15 is 0 Å². The summed E-state index contributed by atoms with van der Waals surface area (Å²) in [6.07, 6.45) is 1.79. The average molecular weight is 352 g/mol. The van der Waals surface area contributed by atoms with Crippen LogP contribution >= 0.6 is 11.3 Å². The van der Waals surface area contributed by atoms with Crippen LogP contribution in [0.5, 0.6) is 5.75 Å². The summed E-state index contributed by atoms with van der Waals surface area (Å²) >= 11 is 1.60. The molecule has 0 aliphatic rings. The SMILES string of the molecule is CCOc1ccc(C)cc1C(=O)NCc1cccc(-c2nccs2)c1. The predicted molar refractivity (Wildman–Crippen MR) is 101 cm³/mol. The van der Waals surface area contributed by atoms with E-state index in [4.69, 9.17) is 4.74 Å². The van der Waals surface area contributed by atoms with Gasteiger partial charge in [-0.2, -0.15) is 0 Å². The Balaban J connectivity index is 1.73. The second-order valence-electron chi connectivity index (χ2n) is 5.65. The third-order valence-corrected chi connectivity index (χ3v) is 4.56. The first-order chi connectivity index (χ1) is 12.2. The van der Waals surface area contributed by atoms with Crippen LogP contribution in [0.3, 0.4) is 0 Å². The van der Waals surface area contributed by atoms with Crippen LogP contribution in [0.4, 0.5) is 0 Å². The number of rotatable bonds is 6. The molecule has 5 heteroatoms. The van der Waals surface area contributed by atoms with Gasteiger partial charge in [0.2, 0.25) is 0 Å². The maximum absolute atomic E-state index is 12.6. The number of hydrogen-bond acceptors (Lipinski definition) is 4. The molecule has 1 N–H and O–H groups in total. The van der Waals surface area contributed by atoms with Gasteiger partial charge in [0, 0.05) is 23.7 Å². The topological polar surface area (TPSA) is 51.2 Å². The van der Waals surface area contributed by atoms with Crippen molar-refractivity contribution in [1.29, 1.82) is 0 Å². The summed E-state index contributed by atoms with van der Waals surface area (Å²) < 4.78 is 5.57. The van der Waals surface area contributed by atoms with E-state index in [1.165, 1.54) is 0 Å². The monoisotopic (exact) mass is 352 g/mol. The zero-order valence-corrected chi connectivity index (χ0v) is 15.1. The standard InChI is InChI=1S/C20H20N2O2S/c1-3-24-18-8-7-14(2)11-17(18)19(23)22-13-15-5-4-6-16(12-15)20-21-9-10-25-20/h4-12H,3,13H2,1-2H3,(H,22,23). The Bertz CT molecular complexity index is 860. The molecule has 0 saturated carbocycles. The summed E-state index contributed by atoms with van der Waals surface area (Å²) in [5.74, 6) is 0.480. The first-order valence-corrected chi connectivity index (χ1v) is 9.06. The summed E-state index contributed by atoms with van der Waals surface area (Å²) in [5.41, 5.74) is 3.69. The number of benzene rings is 2. The fraction of sp³-hybridized carbons (Fsp3) is 0.200. The molecule has 4 nitrogen and oxygen atoms in total. The van der Waals surface area contributed by atoms with Crippen LogP contribution in [0, 0.1) is 6.92 Å². The molecule has 0 aliphatic heterocycles. The van der Waals surface area contributed by atoms with Gasteiger partial charge >= 0.3 is 0 Å². The fourth-order valence-corrected chi connectivity index (χ4v) is 3.20. The highest BCUT2D eigenvalue weighted by Crippen LogP contribution is 2.23. The van der Waals surface area contributed by atoms with Crippen LogP contribution in [-0.2, 0) is 6.54 Å². The van der Waals surface area contributed by atoms with E-state index in [2.05, 4.69) is 16.4 Å². The molecule has 0 fully saturated rings. The van der Waals surface area contributed by atoms with E-state index < -0.39 is 0 Å². The molecule has 0 atom stereocenters. The van der Waals surface area contributed by atoms with E-state index in [1.54, 1.807) is 17.5 Å². The van der Waals surface area contributed by atoms with E-state index in [9.17, 15) is 4.79 Å². The van der Waals surface area contributed by atoms with Gasteiger partial charge in [-0.05, 0) is 37.6 Å². The molecule has 2 aromatic carbocycles. The average Bonchev–Trinajstić information content (AvgIpc) is 3.16. The lowest BCUT2D eigenvalue weighted by Crippen LogP contribution is -2.23. The summed E-state index contributed by atoms with van der Waals surface area (Å²) in [6.45, 7) is 4.85. The Morgan fingerprint density at radius 3 is 2.88 bits per heavy atom. The molecule has 0 unspecified atom stereocenters. The highest BCUT2D eigenvalue weighted by Gasteiger charge is 2.13.